The van der Waals surface area contributed by atoms with Gasteiger partial charge < -0.3 is 5.73 Å². The van der Waals surface area contributed by atoms with Crippen molar-refractivity contribution in [1.29, 1.82) is 0 Å². The SMILES string of the molecule is Cc1ccc(Sc2c(Cl)cccc2CC(C)N)c(C)c1. The molecule has 0 aliphatic heterocycles. The van der Waals surface area contributed by atoms with Crippen molar-refractivity contribution in [1.82, 2.24) is 0 Å². The molecule has 0 aliphatic carbocycles. The lowest BCUT2D eigenvalue weighted by Crippen LogP contribution is -2.18. The Balaban J connectivity index is 2.37. The van der Waals surface area contributed by atoms with Gasteiger partial charge in [-0.1, -0.05) is 53.2 Å². The van der Waals surface area contributed by atoms with Crippen molar-refractivity contribution >= 4 is 23.4 Å². The maximum absolute atomic E-state index is 6.38. The van der Waals surface area contributed by atoms with Gasteiger partial charge in [-0.3, -0.25) is 0 Å². The van der Waals surface area contributed by atoms with Crippen LogP contribution in [0.2, 0.25) is 5.02 Å². The van der Waals surface area contributed by atoms with Crippen LogP contribution in [0.3, 0.4) is 0 Å². The first-order valence-corrected chi connectivity index (χ1v) is 7.95. The summed E-state index contributed by atoms with van der Waals surface area (Å²) in [6, 6.07) is 12.7. The van der Waals surface area contributed by atoms with Crippen molar-refractivity contribution in [2.24, 2.45) is 5.73 Å². The van der Waals surface area contributed by atoms with Gasteiger partial charge in [0.05, 0.1) is 5.02 Å². The van der Waals surface area contributed by atoms with Gasteiger partial charge >= 0.3 is 0 Å². The molecule has 0 saturated carbocycles. The molecule has 0 spiro atoms. The summed E-state index contributed by atoms with van der Waals surface area (Å²) >= 11 is 8.12. The van der Waals surface area contributed by atoms with Crippen molar-refractivity contribution in [3.8, 4) is 0 Å². The van der Waals surface area contributed by atoms with E-state index in [4.69, 9.17) is 17.3 Å². The molecule has 2 aromatic carbocycles. The highest BCUT2D eigenvalue weighted by Crippen LogP contribution is 2.38. The number of aryl methyl sites for hydroxylation is 2. The molecule has 0 radical (unpaired) electrons. The van der Waals surface area contributed by atoms with Gasteiger partial charge in [0, 0.05) is 15.8 Å². The quantitative estimate of drug-likeness (QED) is 0.860. The first-order chi connectivity index (χ1) is 9.47. The second-order valence-corrected chi connectivity index (χ2v) is 6.74. The monoisotopic (exact) mass is 305 g/mol. The summed E-state index contributed by atoms with van der Waals surface area (Å²) in [4.78, 5) is 2.37. The van der Waals surface area contributed by atoms with Crippen LogP contribution in [0.5, 0.6) is 0 Å². The fourth-order valence-corrected chi connectivity index (χ4v) is 3.53. The van der Waals surface area contributed by atoms with Crippen molar-refractivity contribution in [2.75, 3.05) is 0 Å². The Labute approximate surface area is 130 Å². The van der Waals surface area contributed by atoms with Crippen molar-refractivity contribution in [2.45, 2.75) is 43.0 Å². The van der Waals surface area contributed by atoms with Crippen LogP contribution >= 0.6 is 23.4 Å². The number of nitrogens with two attached hydrogens (primary N) is 1. The maximum atomic E-state index is 6.38. The molecule has 0 heterocycles. The molecule has 106 valence electrons. The van der Waals surface area contributed by atoms with Gasteiger partial charge in [0.15, 0.2) is 0 Å². The number of benzene rings is 2. The van der Waals surface area contributed by atoms with Crippen LogP contribution in [0.15, 0.2) is 46.2 Å². The first-order valence-electron chi connectivity index (χ1n) is 6.75. The molecule has 0 fully saturated rings. The van der Waals surface area contributed by atoms with Gasteiger partial charge in [-0.05, 0) is 50.5 Å². The molecule has 1 unspecified atom stereocenters. The summed E-state index contributed by atoms with van der Waals surface area (Å²) in [6.45, 7) is 6.27. The molecule has 3 heteroatoms. The van der Waals surface area contributed by atoms with Crippen LogP contribution in [0.25, 0.3) is 0 Å². The fourth-order valence-electron chi connectivity index (χ4n) is 2.20. The summed E-state index contributed by atoms with van der Waals surface area (Å²) in [5.74, 6) is 0. The molecule has 1 nitrogen and oxygen atoms in total. The predicted molar refractivity (Wildman–Crippen MR) is 88.8 cm³/mol. The molecule has 0 bridgehead atoms. The van der Waals surface area contributed by atoms with E-state index in [1.54, 1.807) is 11.8 Å². The minimum atomic E-state index is 0.131. The molecule has 0 amide bonds. The zero-order chi connectivity index (χ0) is 14.7. The Bertz CT molecular complexity index is 608. The summed E-state index contributed by atoms with van der Waals surface area (Å²) in [5.41, 5.74) is 9.71. The summed E-state index contributed by atoms with van der Waals surface area (Å²) < 4.78 is 0. The van der Waals surface area contributed by atoms with Crippen molar-refractivity contribution in [3.63, 3.8) is 0 Å². The normalized spacial score (nSPS) is 12.4. The zero-order valence-corrected chi connectivity index (χ0v) is 13.7. The third kappa shape index (κ3) is 3.78. The van der Waals surface area contributed by atoms with Crippen LogP contribution in [0.1, 0.15) is 23.6 Å². The highest BCUT2D eigenvalue weighted by Gasteiger charge is 2.11. The molecular formula is C17H20ClNS. The molecule has 0 aromatic heterocycles. The second-order valence-electron chi connectivity index (χ2n) is 5.28. The van der Waals surface area contributed by atoms with Crippen LogP contribution in [0.4, 0.5) is 0 Å². The van der Waals surface area contributed by atoms with Crippen LogP contribution < -0.4 is 5.73 Å². The number of hydrogen-bond donors (Lipinski definition) is 1. The first kappa shape index (κ1) is 15.4. The van der Waals surface area contributed by atoms with Gasteiger partial charge in [0.25, 0.3) is 0 Å². The van der Waals surface area contributed by atoms with Crippen molar-refractivity contribution in [3.05, 3.63) is 58.1 Å². The average Bonchev–Trinajstić information content (AvgIpc) is 2.35. The van der Waals surface area contributed by atoms with Crippen molar-refractivity contribution < 1.29 is 0 Å². The van der Waals surface area contributed by atoms with E-state index >= 15 is 0 Å². The second kappa shape index (κ2) is 6.66. The van der Waals surface area contributed by atoms with Crippen LogP contribution in [-0.2, 0) is 6.42 Å². The Kier molecular flexibility index (Phi) is 5.14. The molecule has 2 rings (SSSR count). The minimum absolute atomic E-state index is 0.131. The highest BCUT2D eigenvalue weighted by atomic mass is 35.5. The zero-order valence-electron chi connectivity index (χ0n) is 12.1. The van der Waals surface area contributed by atoms with E-state index in [0.717, 1.165) is 16.3 Å². The van der Waals surface area contributed by atoms with Gasteiger partial charge in [0.1, 0.15) is 0 Å². The number of halogens is 1. The summed E-state index contributed by atoms with van der Waals surface area (Å²) in [7, 11) is 0. The van der Waals surface area contributed by atoms with Gasteiger partial charge in [-0.25, -0.2) is 0 Å². The number of rotatable bonds is 4. The van der Waals surface area contributed by atoms with E-state index in [9.17, 15) is 0 Å². The molecule has 20 heavy (non-hydrogen) atoms. The molecule has 0 saturated heterocycles. The Hall–Kier alpha value is -0.960. The van der Waals surface area contributed by atoms with E-state index in [1.165, 1.54) is 21.6 Å². The lowest BCUT2D eigenvalue weighted by atomic mass is 10.1. The summed E-state index contributed by atoms with van der Waals surface area (Å²) in [5, 5.41) is 0.799. The average molecular weight is 306 g/mol. The smallest absolute Gasteiger partial charge is 0.0548 e. The third-order valence-corrected chi connectivity index (χ3v) is 4.92. The maximum Gasteiger partial charge on any atom is 0.0548 e. The molecular weight excluding hydrogens is 286 g/mol. The van der Waals surface area contributed by atoms with Crippen LogP contribution in [0, 0.1) is 13.8 Å². The van der Waals surface area contributed by atoms with Crippen LogP contribution in [-0.4, -0.2) is 6.04 Å². The Morgan fingerprint density at radius 2 is 1.95 bits per heavy atom. The third-order valence-electron chi connectivity index (χ3n) is 3.13. The largest absolute Gasteiger partial charge is 0.328 e. The lowest BCUT2D eigenvalue weighted by Gasteiger charge is -2.14. The van der Waals surface area contributed by atoms with E-state index in [0.29, 0.717) is 0 Å². The minimum Gasteiger partial charge on any atom is -0.328 e. The van der Waals surface area contributed by atoms with Gasteiger partial charge in [-0.15, -0.1) is 0 Å². The summed E-state index contributed by atoms with van der Waals surface area (Å²) in [6.07, 6.45) is 0.841. The lowest BCUT2D eigenvalue weighted by molar-refractivity contribution is 0.729. The van der Waals surface area contributed by atoms with Gasteiger partial charge in [-0.2, -0.15) is 0 Å². The molecule has 2 N–H and O–H groups in total. The van der Waals surface area contributed by atoms with E-state index in [2.05, 4.69) is 38.1 Å². The van der Waals surface area contributed by atoms with E-state index in [1.807, 2.05) is 19.1 Å². The number of hydrogen-bond acceptors (Lipinski definition) is 2. The molecule has 2 aromatic rings. The predicted octanol–water partition coefficient (Wildman–Crippen LogP) is 5.00. The van der Waals surface area contributed by atoms with Gasteiger partial charge in [0.2, 0.25) is 0 Å². The standard InChI is InChI=1S/C17H20ClNS/c1-11-7-8-16(12(2)9-11)20-17-14(10-13(3)19)5-4-6-15(17)18/h4-9,13H,10,19H2,1-3H3. The molecule has 1 atom stereocenters. The van der Waals surface area contributed by atoms with E-state index < -0.39 is 0 Å². The Morgan fingerprint density at radius 3 is 2.60 bits per heavy atom. The fraction of sp³-hybridized carbons (Fsp3) is 0.294. The van der Waals surface area contributed by atoms with E-state index in [-0.39, 0.29) is 6.04 Å². The Morgan fingerprint density at radius 1 is 1.20 bits per heavy atom. The molecule has 0 aliphatic rings. The topological polar surface area (TPSA) is 26.0 Å². The highest BCUT2D eigenvalue weighted by molar-refractivity contribution is 7.99.